The molecule has 0 bridgehead atoms. The first-order valence-corrected chi connectivity index (χ1v) is 12.7. The van der Waals surface area contributed by atoms with Gasteiger partial charge in [-0.05, 0) is 30.3 Å². The Kier molecular flexibility index (Phi) is 6.79. The second-order valence-electron chi connectivity index (χ2n) is 8.20. The molecule has 0 spiro atoms. The van der Waals surface area contributed by atoms with Crippen LogP contribution in [0.15, 0.2) is 47.3 Å². The van der Waals surface area contributed by atoms with Gasteiger partial charge in [0.15, 0.2) is 0 Å². The van der Waals surface area contributed by atoms with E-state index in [1.54, 1.807) is 30.2 Å². The molecule has 1 saturated heterocycles. The first-order valence-electron chi connectivity index (χ1n) is 11.1. The summed E-state index contributed by atoms with van der Waals surface area (Å²) < 4.78 is 11.6. The maximum atomic E-state index is 12.8. The number of nitrogens with zero attached hydrogens (tertiary/aromatic N) is 3. The fourth-order valence-corrected chi connectivity index (χ4v) is 5.73. The van der Waals surface area contributed by atoms with Crippen LogP contribution in [-0.4, -0.2) is 61.2 Å². The summed E-state index contributed by atoms with van der Waals surface area (Å²) in [5.74, 6) is 1.32. The van der Waals surface area contributed by atoms with E-state index in [9.17, 15) is 9.59 Å². The van der Waals surface area contributed by atoms with Gasteiger partial charge >= 0.3 is 0 Å². The van der Waals surface area contributed by atoms with E-state index in [2.05, 4.69) is 14.9 Å². The number of hydrogen-bond donors (Lipinski definition) is 1. The van der Waals surface area contributed by atoms with Gasteiger partial charge in [0.25, 0.3) is 11.5 Å². The number of fused-ring (bicyclic) bond motifs is 1. The van der Waals surface area contributed by atoms with Gasteiger partial charge in [-0.25, -0.2) is 4.98 Å². The molecule has 36 heavy (non-hydrogen) atoms. The largest absolute Gasteiger partial charge is 0.497 e. The van der Waals surface area contributed by atoms with Crippen molar-refractivity contribution in [3.05, 3.63) is 67.1 Å². The van der Waals surface area contributed by atoms with Crippen LogP contribution in [0, 0.1) is 0 Å². The zero-order valence-corrected chi connectivity index (χ0v) is 21.8. The maximum absolute atomic E-state index is 12.8. The minimum atomic E-state index is -0.286. The van der Waals surface area contributed by atoms with Crippen molar-refractivity contribution in [2.45, 2.75) is 0 Å². The van der Waals surface area contributed by atoms with Crippen molar-refractivity contribution in [1.82, 2.24) is 14.9 Å². The van der Waals surface area contributed by atoms with E-state index in [0.717, 1.165) is 11.3 Å². The number of hydrogen-bond acceptors (Lipinski definition) is 7. The summed E-state index contributed by atoms with van der Waals surface area (Å²) in [7, 11) is 3.05. The molecule has 0 saturated carbocycles. The molecule has 11 heteroatoms. The smallest absolute Gasteiger partial charge is 0.262 e. The van der Waals surface area contributed by atoms with E-state index in [1.807, 2.05) is 24.3 Å². The number of H-pyrrole nitrogens is 1. The number of aromatic amines is 1. The molecule has 1 fully saturated rings. The van der Waals surface area contributed by atoms with Gasteiger partial charge in [0, 0.05) is 49.6 Å². The van der Waals surface area contributed by atoms with Crippen molar-refractivity contribution in [1.29, 1.82) is 0 Å². The Labute approximate surface area is 221 Å². The third-order valence-electron chi connectivity index (χ3n) is 6.16. The number of ether oxygens (including phenoxy) is 2. The highest BCUT2D eigenvalue weighted by molar-refractivity contribution is 7.20. The van der Waals surface area contributed by atoms with Crippen LogP contribution in [0.1, 0.15) is 10.4 Å². The highest BCUT2D eigenvalue weighted by Crippen LogP contribution is 2.33. The van der Waals surface area contributed by atoms with Crippen LogP contribution in [0.5, 0.6) is 11.5 Å². The molecular weight excluding hydrogens is 523 g/mol. The molecule has 186 valence electrons. The van der Waals surface area contributed by atoms with Crippen molar-refractivity contribution in [2.24, 2.45) is 0 Å². The lowest BCUT2D eigenvalue weighted by Crippen LogP contribution is -2.48. The summed E-state index contributed by atoms with van der Waals surface area (Å²) in [5.41, 5.74) is 2.45. The first-order chi connectivity index (χ1) is 17.4. The van der Waals surface area contributed by atoms with Gasteiger partial charge in [-0.15, -0.1) is 11.3 Å². The highest BCUT2D eigenvalue weighted by atomic mass is 35.5. The summed E-state index contributed by atoms with van der Waals surface area (Å²) in [6.45, 7) is 2.53. The van der Waals surface area contributed by atoms with Crippen LogP contribution >= 0.6 is 34.5 Å². The lowest BCUT2D eigenvalue weighted by atomic mass is 10.1. The zero-order valence-electron chi connectivity index (χ0n) is 19.5. The zero-order chi connectivity index (χ0) is 25.4. The second-order valence-corrected chi connectivity index (χ2v) is 10.5. The van der Waals surface area contributed by atoms with Crippen molar-refractivity contribution in [3.63, 3.8) is 0 Å². The number of rotatable bonds is 5. The predicted molar refractivity (Wildman–Crippen MR) is 143 cm³/mol. The number of amides is 1. The standard InChI is InChI=1S/C25H22Cl2N4O4S/c1-34-16-11-18-21(19(12-16)35-2)24(32)29-23(28-18)14-3-5-15(6-4-14)30-7-9-31(10-8-30)25(33)17-13-20(26)36-22(17)27/h3-6,11-13H,7-10H2,1-2H3,(H,28,29,32). The number of benzene rings is 2. The molecule has 1 aliphatic rings. The fourth-order valence-electron chi connectivity index (χ4n) is 4.28. The van der Waals surface area contributed by atoms with Gasteiger partial charge in [-0.2, -0.15) is 0 Å². The molecule has 2 aromatic carbocycles. The highest BCUT2D eigenvalue weighted by Gasteiger charge is 2.25. The first kappa shape index (κ1) is 24.4. The summed E-state index contributed by atoms with van der Waals surface area (Å²) in [4.78, 5) is 37.1. The van der Waals surface area contributed by atoms with Crippen LogP contribution < -0.4 is 19.9 Å². The number of piperazine rings is 1. The van der Waals surface area contributed by atoms with Crippen LogP contribution in [0.2, 0.25) is 8.67 Å². The third kappa shape index (κ3) is 4.61. The SMILES string of the molecule is COc1cc(OC)c2c(=O)[nH]c(-c3ccc(N4CCN(C(=O)c5cc(Cl)sc5Cl)CC4)cc3)nc2c1. The Bertz CT molecular complexity index is 1490. The van der Waals surface area contributed by atoms with E-state index >= 15 is 0 Å². The number of aromatic nitrogens is 2. The van der Waals surface area contributed by atoms with Crippen LogP contribution in [-0.2, 0) is 0 Å². The van der Waals surface area contributed by atoms with Crippen LogP contribution in [0.25, 0.3) is 22.3 Å². The second kappa shape index (κ2) is 10.0. The van der Waals surface area contributed by atoms with E-state index in [1.165, 1.54) is 18.4 Å². The predicted octanol–water partition coefficient (Wildman–Crippen LogP) is 4.94. The molecule has 3 heterocycles. The van der Waals surface area contributed by atoms with E-state index in [4.69, 9.17) is 32.7 Å². The number of halogens is 2. The van der Waals surface area contributed by atoms with Crippen molar-refractivity contribution in [3.8, 4) is 22.9 Å². The third-order valence-corrected chi connectivity index (χ3v) is 7.65. The van der Waals surface area contributed by atoms with Gasteiger partial charge < -0.3 is 24.3 Å². The number of thiophene rings is 1. The molecule has 1 amide bonds. The van der Waals surface area contributed by atoms with Crippen LogP contribution in [0.4, 0.5) is 5.69 Å². The number of carbonyl (C=O) groups is 1. The summed E-state index contributed by atoms with van der Waals surface area (Å²) in [6.07, 6.45) is 0. The minimum absolute atomic E-state index is 0.0993. The molecule has 5 rings (SSSR count). The van der Waals surface area contributed by atoms with Gasteiger partial charge in [0.05, 0.1) is 29.6 Å². The number of methoxy groups -OCH3 is 2. The normalized spacial score (nSPS) is 13.8. The molecule has 4 aromatic rings. The van der Waals surface area contributed by atoms with E-state index in [0.29, 0.717) is 68.6 Å². The average Bonchev–Trinajstić information content (AvgIpc) is 3.25. The summed E-state index contributed by atoms with van der Waals surface area (Å²) in [6, 6.07) is 12.8. The molecule has 1 N–H and O–H groups in total. The molecule has 0 aliphatic carbocycles. The number of anilines is 1. The van der Waals surface area contributed by atoms with Crippen molar-refractivity contribution < 1.29 is 14.3 Å². The molecule has 1 aliphatic heterocycles. The molecule has 2 aromatic heterocycles. The molecule has 0 radical (unpaired) electrons. The Balaban J connectivity index is 1.33. The van der Waals surface area contributed by atoms with Gasteiger partial charge in [-0.3, -0.25) is 9.59 Å². The molecule has 8 nitrogen and oxygen atoms in total. The van der Waals surface area contributed by atoms with Crippen molar-refractivity contribution >= 4 is 57.0 Å². The van der Waals surface area contributed by atoms with E-state index in [-0.39, 0.29) is 11.5 Å². The Morgan fingerprint density at radius 1 is 1.03 bits per heavy atom. The van der Waals surface area contributed by atoms with Crippen LogP contribution in [0.3, 0.4) is 0 Å². The molecule has 0 atom stereocenters. The Morgan fingerprint density at radius 3 is 2.36 bits per heavy atom. The monoisotopic (exact) mass is 544 g/mol. The maximum Gasteiger partial charge on any atom is 0.262 e. The summed E-state index contributed by atoms with van der Waals surface area (Å²) >= 11 is 13.3. The Morgan fingerprint density at radius 2 is 1.75 bits per heavy atom. The fraction of sp³-hybridized carbons (Fsp3) is 0.240. The topological polar surface area (TPSA) is 87.8 Å². The Hall–Kier alpha value is -3.27. The van der Waals surface area contributed by atoms with Gasteiger partial charge in [0.2, 0.25) is 0 Å². The number of nitrogens with one attached hydrogen (secondary N) is 1. The average molecular weight is 545 g/mol. The molecule has 0 unspecified atom stereocenters. The van der Waals surface area contributed by atoms with Gasteiger partial charge in [0.1, 0.15) is 27.0 Å². The summed E-state index contributed by atoms with van der Waals surface area (Å²) in [5, 5.41) is 0.372. The minimum Gasteiger partial charge on any atom is -0.497 e. The molecular formula is C25H22Cl2N4O4S. The van der Waals surface area contributed by atoms with Gasteiger partial charge in [-0.1, -0.05) is 23.2 Å². The number of carbonyl (C=O) groups excluding carboxylic acids is 1. The lowest BCUT2D eigenvalue weighted by molar-refractivity contribution is 0.0747. The lowest BCUT2D eigenvalue weighted by Gasteiger charge is -2.36. The van der Waals surface area contributed by atoms with E-state index < -0.39 is 0 Å². The van der Waals surface area contributed by atoms with Crippen molar-refractivity contribution in [2.75, 3.05) is 45.3 Å². The quantitative estimate of drug-likeness (QED) is 0.383.